The van der Waals surface area contributed by atoms with Gasteiger partial charge in [-0.05, 0) is 39.7 Å². The third-order valence-electron chi connectivity index (χ3n) is 5.08. The number of nitrogens with zero attached hydrogens (tertiary/aromatic N) is 3. The molecule has 1 saturated heterocycles. The van der Waals surface area contributed by atoms with Crippen molar-refractivity contribution >= 4 is 35.8 Å². The fraction of sp³-hybridized carbons (Fsp3) is 0.889. The molecule has 0 spiro atoms. The van der Waals surface area contributed by atoms with Crippen molar-refractivity contribution in [2.24, 2.45) is 4.99 Å². The molecule has 1 amide bonds. The molecule has 25 heavy (non-hydrogen) atoms. The molecule has 2 fully saturated rings. The summed E-state index contributed by atoms with van der Waals surface area (Å²) in [6.45, 7) is 7.46. The van der Waals surface area contributed by atoms with Crippen molar-refractivity contribution in [3.8, 4) is 0 Å². The molecule has 1 aliphatic carbocycles. The molecule has 1 saturated carbocycles. The predicted octanol–water partition coefficient (Wildman–Crippen LogP) is 2.05. The first kappa shape index (κ1) is 22.5. The lowest BCUT2D eigenvalue weighted by atomic mass is 10.2. The number of aliphatic imine (C=N–C) groups is 1. The van der Waals surface area contributed by atoms with Crippen LogP contribution in [0.3, 0.4) is 0 Å². The van der Waals surface area contributed by atoms with E-state index < -0.39 is 0 Å². The van der Waals surface area contributed by atoms with Gasteiger partial charge in [-0.1, -0.05) is 12.8 Å². The molecular weight excluding hydrogens is 429 g/mol. The molecule has 1 heterocycles. The van der Waals surface area contributed by atoms with Crippen LogP contribution in [0, 0.1) is 0 Å². The Morgan fingerprint density at radius 2 is 2.04 bits per heavy atom. The van der Waals surface area contributed by atoms with Crippen molar-refractivity contribution in [3.63, 3.8) is 0 Å². The summed E-state index contributed by atoms with van der Waals surface area (Å²) >= 11 is 0. The van der Waals surface area contributed by atoms with E-state index in [-0.39, 0.29) is 24.0 Å². The van der Waals surface area contributed by atoms with Gasteiger partial charge >= 0.3 is 0 Å². The quantitative estimate of drug-likeness (QED) is 0.237. The Morgan fingerprint density at radius 1 is 1.28 bits per heavy atom. The average molecular weight is 465 g/mol. The number of likely N-dealkylation sites (N-methyl/N-ethyl adjacent to an activating group) is 1. The van der Waals surface area contributed by atoms with Gasteiger partial charge in [-0.2, -0.15) is 0 Å². The minimum atomic E-state index is 0. The summed E-state index contributed by atoms with van der Waals surface area (Å²) in [6, 6.07) is 0.768. The Morgan fingerprint density at radius 3 is 2.68 bits per heavy atom. The molecule has 0 atom stereocenters. The Kier molecular flexibility index (Phi) is 11.4. The van der Waals surface area contributed by atoms with Crippen molar-refractivity contribution in [2.45, 2.75) is 57.9 Å². The highest BCUT2D eigenvalue weighted by molar-refractivity contribution is 14.0. The van der Waals surface area contributed by atoms with Crippen LogP contribution >= 0.6 is 24.0 Å². The van der Waals surface area contributed by atoms with Gasteiger partial charge in [0.05, 0.1) is 0 Å². The lowest BCUT2D eigenvalue weighted by Gasteiger charge is -2.24. The number of guanidine groups is 1. The normalized spacial score (nSPS) is 18.8. The Bertz CT molecular complexity index is 412. The minimum Gasteiger partial charge on any atom is -0.357 e. The fourth-order valence-electron chi connectivity index (χ4n) is 3.61. The average Bonchev–Trinajstić information content (AvgIpc) is 3.23. The van der Waals surface area contributed by atoms with Gasteiger partial charge in [0, 0.05) is 51.7 Å². The third-order valence-corrected chi connectivity index (χ3v) is 5.08. The molecule has 0 unspecified atom stereocenters. The van der Waals surface area contributed by atoms with Crippen LogP contribution in [0.5, 0.6) is 0 Å². The number of amides is 1. The molecule has 0 radical (unpaired) electrons. The van der Waals surface area contributed by atoms with Gasteiger partial charge in [0.1, 0.15) is 0 Å². The first-order valence-electron chi connectivity index (χ1n) is 9.71. The maximum absolute atomic E-state index is 11.6. The summed E-state index contributed by atoms with van der Waals surface area (Å²) in [4.78, 5) is 20.7. The van der Waals surface area contributed by atoms with E-state index >= 15 is 0 Å². The monoisotopic (exact) mass is 465 g/mol. The maximum Gasteiger partial charge on any atom is 0.222 e. The molecule has 1 aliphatic heterocycles. The summed E-state index contributed by atoms with van der Waals surface area (Å²) in [5.41, 5.74) is 0. The van der Waals surface area contributed by atoms with E-state index in [0.29, 0.717) is 5.91 Å². The Labute approximate surface area is 170 Å². The lowest BCUT2D eigenvalue weighted by Crippen LogP contribution is -2.42. The van der Waals surface area contributed by atoms with Gasteiger partial charge in [-0.25, -0.2) is 0 Å². The zero-order valence-electron chi connectivity index (χ0n) is 15.9. The van der Waals surface area contributed by atoms with Gasteiger partial charge in [0.2, 0.25) is 5.91 Å². The van der Waals surface area contributed by atoms with Crippen LogP contribution in [-0.4, -0.2) is 74.0 Å². The minimum absolute atomic E-state index is 0. The van der Waals surface area contributed by atoms with Gasteiger partial charge < -0.3 is 20.4 Å². The first-order valence-corrected chi connectivity index (χ1v) is 9.71. The van der Waals surface area contributed by atoms with Crippen LogP contribution in [0.1, 0.15) is 51.9 Å². The zero-order chi connectivity index (χ0) is 17.2. The number of hydrogen-bond acceptors (Lipinski definition) is 3. The van der Waals surface area contributed by atoms with Gasteiger partial charge in [0.15, 0.2) is 5.96 Å². The van der Waals surface area contributed by atoms with Crippen LogP contribution in [0.2, 0.25) is 0 Å². The van der Waals surface area contributed by atoms with Crippen LogP contribution in [0.15, 0.2) is 4.99 Å². The smallest absolute Gasteiger partial charge is 0.222 e. The highest BCUT2D eigenvalue weighted by Crippen LogP contribution is 2.21. The highest BCUT2D eigenvalue weighted by Gasteiger charge is 2.19. The number of rotatable bonds is 9. The van der Waals surface area contributed by atoms with Crippen LogP contribution in [-0.2, 0) is 4.79 Å². The molecule has 2 rings (SSSR count). The number of carbonyl (C=O) groups excluding carboxylic acids is 1. The molecule has 0 aromatic heterocycles. The van der Waals surface area contributed by atoms with Gasteiger partial charge in [0.25, 0.3) is 0 Å². The number of carbonyl (C=O) groups is 1. The summed E-state index contributed by atoms with van der Waals surface area (Å²) in [5, 5.41) is 6.73. The van der Waals surface area contributed by atoms with Crippen LogP contribution in [0.4, 0.5) is 0 Å². The maximum atomic E-state index is 11.6. The second kappa shape index (κ2) is 12.7. The standard InChI is InChI=1S/C18H35N5O.HI/c1-3-19-18(20-11-7-14-23-13-6-10-17(23)24)21-12-15-22(2)16-8-4-5-9-16;/h16H,3-15H2,1-2H3,(H2,19,20,21);1H. The van der Waals surface area contributed by atoms with Gasteiger partial charge in [-0.15, -0.1) is 24.0 Å². The van der Waals surface area contributed by atoms with Crippen molar-refractivity contribution in [2.75, 3.05) is 46.3 Å². The zero-order valence-corrected chi connectivity index (χ0v) is 18.3. The largest absolute Gasteiger partial charge is 0.357 e. The SMILES string of the molecule is CCNC(=NCCCN1CCCC1=O)NCCN(C)C1CCCC1.I. The van der Waals surface area contributed by atoms with E-state index in [9.17, 15) is 4.79 Å². The van der Waals surface area contributed by atoms with E-state index in [4.69, 9.17) is 0 Å². The second-order valence-electron chi connectivity index (χ2n) is 6.94. The second-order valence-corrected chi connectivity index (χ2v) is 6.94. The number of likely N-dealkylation sites (tertiary alicyclic amines) is 1. The van der Waals surface area contributed by atoms with E-state index in [2.05, 4.69) is 34.5 Å². The molecule has 6 nitrogen and oxygen atoms in total. The highest BCUT2D eigenvalue weighted by atomic mass is 127. The van der Waals surface area contributed by atoms with E-state index in [0.717, 1.165) is 70.5 Å². The van der Waals surface area contributed by atoms with E-state index in [1.54, 1.807) is 0 Å². The fourth-order valence-corrected chi connectivity index (χ4v) is 3.61. The molecule has 146 valence electrons. The van der Waals surface area contributed by atoms with Crippen molar-refractivity contribution in [3.05, 3.63) is 0 Å². The Hall–Kier alpha value is -0.570. The molecular formula is C18H36IN5O. The van der Waals surface area contributed by atoms with Gasteiger partial charge in [-0.3, -0.25) is 9.79 Å². The van der Waals surface area contributed by atoms with Crippen molar-refractivity contribution in [1.29, 1.82) is 0 Å². The summed E-state index contributed by atoms with van der Waals surface area (Å²) in [5.74, 6) is 1.20. The first-order chi connectivity index (χ1) is 11.7. The molecule has 7 heteroatoms. The van der Waals surface area contributed by atoms with Crippen LogP contribution in [0.25, 0.3) is 0 Å². The molecule has 2 aliphatic rings. The van der Waals surface area contributed by atoms with Crippen molar-refractivity contribution in [1.82, 2.24) is 20.4 Å². The van der Waals surface area contributed by atoms with Crippen molar-refractivity contribution < 1.29 is 4.79 Å². The summed E-state index contributed by atoms with van der Waals surface area (Å²) in [6.07, 6.45) is 8.13. The molecule has 0 aromatic rings. The van der Waals surface area contributed by atoms with Crippen LogP contribution < -0.4 is 10.6 Å². The number of nitrogens with one attached hydrogen (secondary N) is 2. The number of hydrogen-bond donors (Lipinski definition) is 2. The molecule has 0 aromatic carbocycles. The summed E-state index contributed by atoms with van der Waals surface area (Å²) in [7, 11) is 2.23. The topological polar surface area (TPSA) is 60.0 Å². The number of halogens is 1. The predicted molar refractivity (Wildman–Crippen MR) is 115 cm³/mol. The Balaban J connectivity index is 0.00000312. The molecule has 0 bridgehead atoms. The third kappa shape index (κ3) is 8.11. The summed E-state index contributed by atoms with van der Waals surface area (Å²) < 4.78 is 0. The molecule has 2 N–H and O–H groups in total. The lowest BCUT2D eigenvalue weighted by molar-refractivity contribution is -0.127. The van der Waals surface area contributed by atoms with E-state index in [1.807, 2.05) is 4.90 Å². The van der Waals surface area contributed by atoms with E-state index in [1.165, 1.54) is 25.7 Å².